The fourth-order valence-electron chi connectivity index (χ4n) is 2.94. The second-order valence-electron chi connectivity index (χ2n) is 6.19. The first-order valence-corrected chi connectivity index (χ1v) is 9.30. The second-order valence-corrected chi connectivity index (χ2v) is 7.19. The Morgan fingerprint density at radius 1 is 1.42 bits per heavy atom. The van der Waals surface area contributed by atoms with Gasteiger partial charge in [0.2, 0.25) is 0 Å². The van der Waals surface area contributed by atoms with E-state index in [0.29, 0.717) is 19.1 Å². The van der Waals surface area contributed by atoms with Crippen LogP contribution in [-0.2, 0) is 19.4 Å². The van der Waals surface area contributed by atoms with Gasteiger partial charge in [-0.2, -0.15) is 0 Å². The van der Waals surface area contributed by atoms with Crippen LogP contribution < -0.4 is 10.6 Å². The van der Waals surface area contributed by atoms with Crippen molar-refractivity contribution < 1.29 is 4.79 Å². The van der Waals surface area contributed by atoms with Crippen molar-refractivity contribution in [3.8, 4) is 0 Å². The summed E-state index contributed by atoms with van der Waals surface area (Å²) < 4.78 is 0. The lowest BCUT2D eigenvalue weighted by molar-refractivity contribution is 0.186. The molecule has 0 bridgehead atoms. The molecular weight excluding hydrogens is 320 g/mol. The summed E-state index contributed by atoms with van der Waals surface area (Å²) in [5, 5.41) is 8.06. The smallest absolute Gasteiger partial charge is 0.314 e. The Labute approximate surface area is 147 Å². The van der Waals surface area contributed by atoms with Gasteiger partial charge in [0.05, 0.1) is 0 Å². The first-order valence-electron chi connectivity index (χ1n) is 8.42. The first-order chi connectivity index (χ1) is 11.7. The molecule has 2 N–H and O–H groups in total. The molecule has 5 nitrogen and oxygen atoms in total. The van der Waals surface area contributed by atoms with Gasteiger partial charge in [0.15, 0.2) is 0 Å². The van der Waals surface area contributed by atoms with E-state index in [0.717, 1.165) is 31.5 Å². The predicted molar refractivity (Wildman–Crippen MR) is 97.2 cm³/mol. The van der Waals surface area contributed by atoms with E-state index in [9.17, 15) is 4.79 Å². The third-order valence-corrected chi connectivity index (χ3v) is 5.46. The maximum absolute atomic E-state index is 11.9. The highest BCUT2D eigenvalue weighted by atomic mass is 32.1. The minimum Gasteiger partial charge on any atom is -0.338 e. The average molecular weight is 344 g/mol. The van der Waals surface area contributed by atoms with Gasteiger partial charge in [-0.1, -0.05) is 6.07 Å². The molecule has 0 aliphatic carbocycles. The predicted octanol–water partition coefficient (Wildman–Crippen LogP) is 2.43. The van der Waals surface area contributed by atoms with Crippen molar-refractivity contribution in [3.05, 3.63) is 52.0 Å². The van der Waals surface area contributed by atoms with Crippen LogP contribution in [0.2, 0.25) is 0 Å². The normalized spacial score (nSPS) is 15.5. The maximum atomic E-state index is 11.9. The summed E-state index contributed by atoms with van der Waals surface area (Å²) in [5.41, 5.74) is 2.57. The summed E-state index contributed by atoms with van der Waals surface area (Å²) in [6, 6.07) is 6.39. The van der Waals surface area contributed by atoms with Gasteiger partial charge in [0.25, 0.3) is 0 Å². The zero-order chi connectivity index (χ0) is 16.8. The molecule has 1 aliphatic heterocycles. The minimum atomic E-state index is -0.0982. The number of thiophene rings is 1. The van der Waals surface area contributed by atoms with Crippen LogP contribution in [0.3, 0.4) is 0 Å². The Balaban J connectivity index is 1.35. The number of aromatic nitrogens is 1. The lowest BCUT2D eigenvalue weighted by atomic mass is 10.1. The molecule has 2 aromatic heterocycles. The van der Waals surface area contributed by atoms with Crippen LogP contribution in [0.1, 0.15) is 22.9 Å². The van der Waals surface area contributed by atoms with Gasteiger partial charge in [0.1, 0.15) is 0 Å². The zero-order valence-electron chi connectivity index (χ0n) is 14.0. The van der Waals surface area contributed by atoms with E-state index in [1.165, 1.54) is 10.4 Å². The monoisotopic (exact) mass is 344 g/mol. The van der Waals surface area contributed by atoms with Crippen LogP contribution in [0.4, 0.5) is 4.79 Å². The summed E-state index contributed by atoms with van der Waals surface area (Å²) in [5.74, 6) is 0. The molecule has 2 aromatic rings. The van der Waals surface area contributed by atoms with E-state index in [1.807, 2.05) is 29.7 Å². The van der Waals surface area contributed by atoms with Crippen LogP contribution >= 0.6 is 11.3 Å². The first kappa shape index (κ1) is 16.9. The van der Waals surface area contributed by atoms with Gasteiger partial charge in [-0.15, -0.1) is 11.3 Å². The van der Waals surface area contributed by atoms with E-state index in [1.54, 1.807) is 6.20 Å². The molecular formula is C18H24N4OS. The molecule has 2 amide bonds. The lowest BCUT2D eigenvalue weighted by Crippen LogP contribution is -2.46. The van der Waals surface area contributed by atoms with Crippen LogP contribution in [0.5, 0.6) is 0 Å². The highest BCUT2D eigenvalue weighted by Crippen LogP contribution is 2.24. The van der Waals surface area contributed by atoms with Gasteiger partial charge in [-0.05, 0) is 48.4 Å². The molecule has 1 aliphatic rings. The number of carbonyl (C=O) groups excluding carboxylic acids is 1. The van der Waals surface area contributed by atoms with Gasteiger partial charge in [0, 0.05) is 49.5 Å². The summed E-state index contributed by atoms with van der Waals surface area (Å²) >= 11 is 1.85. The van der Waals surface area contributed by atoms with Gasteiger partial charge in [-0.25, -0.2) is 4.79 Å². The van der Waals surface area contributed by atoms with Crippen LogP contribution in [-0.4, -0.2) is 41.6 Å². The number of carbonyl (C=O) groups is 1. The Kier molecular flexibility index (Phi) is 5.82. The quantitative estimate of drug-likeness (QED) is 0.846. The molecule has 0 unspecified atom stereocenters. The largest absolute Gasteiger partial charge is 0.338 e. The second kappa shape index (κ2) is 8.26. The fraction of sp³-hybridized carbons (Fsp3) is 0.444. The highest BCUT2D eigenvalue weighted by Gasteiger charge is 2.21. The van der Waals surface area contributed by atoms with E-state index in [4.69, 9.17) is 0 Å². The Bertz CT molecular complexity index is 658. The molecule has 0 spiro atoms. The molecule has 0 saturated heterocycles. The van der Waals surface area contributed by atoms with Crippen molar-refractivity contribution in [2.75, 3.05) is 19.6 Å². The molecule has 24 heavy (non-hydrogen) atoms. The topological polar surface area (TPSA) is 57.3 Å². The highest BCUT2D eigenvalue weighted by molar-refractivity contribution is 7.10. The number of nitrogens with zero attached hydrogens (tertiary/aromatic N) is 2. The lowest BCUT2D eigenvalue weighted by Gasteiger charge is -2.32. The molecule has 3 rings (SSSR count). The number of nitrogens with one attached hydrogen (secondary N) is 2. The molecule has 0 aromatic carbocycles. The zero-order valence-corrected chi connectivity index (χ0v) is 14.8. The number of pyridine rings is 1. The summed E-state index contributed by atoms with van der Waals surface area (Å²) in [4.78, 5) is 19.9. The molecule has 1 atom stereocenters. The number of fused-ring (bicyclic) bond motifs is 1. The van der Waals surface area contributed by atoms with Crippen molar-refractivity contribution in [1.82, 2.24) is 20.5 Å². The Morgan fingerprint density at radius 3 is 3.17 bits per heavy atom. The molecule has 128 valence electrons. The van der Waals surface area contributed by atoms with E-state index in [2.05, 4.69) is 38.9 Å². The van der Waals surface area contributed by atoms with E-state index >= 15 is 0 Å². The fourth-order valence-corrected chi connectivity index (χ4v) is 3.83. The molecule has 0 saturated carbocycles. The number of hydrogen-bond acceptors (Lipinski definition) is 4. The van der Waals surface area contributed by atoms with Gasteiger partial charge in [-0.3, -0.25) is 9.88 Å². The van der Waals surface area contributed by atoms with Crippen LogP contribution in [0, 0.1) is 0 Å². The van der Waals surface area contributed by atoms with E-state index < -0.39 is 0 Å². The van der Waals surface area contributed by atoms with Crippen molar-refractivity contribution in [2.45, 2.75) is 32.4 Å². The number of hydrogen-bond donors (Lipinski definition) is 2. The number of amides is 2. The van der Waals surface area contributed by atoms with Crippen molar-refractivity contribution in [1.29, 1.82) is 0 Å². The summed E-state index contributed by atoms with van der Waals surface area (Å²) in [7, 11) is 0. The van der Waals surface area contributed by atoms with Crippen LogP contribution in [0.15, 0.2) is 36.0 Å². The van der Waals surface area contributed by atoms with Crippen molar-refractivity contribution >= 4 is 17.4 Å². The molecule has 0 radical (unpaired) electrons. The SMILES string of the molecule is C[C@H](CNC(=O)NCCc1cccnc1)N1CCc2sccc2C1. The Morgan fingerprint density at radius 2 is 2.33 bits per heavy atom. The van der Waals surface area contributed by atoms with Gasteiger partial charge < -0.3 is 10.6 Å². The maximum Gasteiger partial charge on any atom is 0.314 e. The van der Waals surface area contributed by atoms with E-state index in [-0.39, 0.29) is 6.03 Å². The molecule has 6 heteroatoms. The standard InChI is InChI=1S/C18H24N4OS/c1-14(22-9-5-17-16(13-22)6-10-24-17)11-21-18(23)20-8-4-15-3-2-7-19-12-15/h2-3,6-7,10,12,14H,4-5,8-9,11,13H2,1H3,(H2,20,21,23)/t14-/m1/s1. The third-order valence-electron chi connectivity index (χ3n) is 4.44. The third kappa shape index (κ3) is 4.55. The summed E-state index contributed by atoms with van der Waals surface area (Å²) in [6.07, 6.45) is 5.50. The average Bonchev–Trinajstić information content (AvgIpc) is 3.08. The van der Waals surface area contributed by atoms with Gasteiger partial charge >= 0.3 is 6.03 Å². The number of urea groups is 1. The molecule has 0 fully saturated rings. The minimum absolute atomic E-state index is 0.0982. The van der Waals surface area contributed by atoms with Crippen molar-refractivity contribution in [3.63, 3.8) is 0 Å². The molecule has 3 heterocycles. The van der Waals surface area contributed by atoms with Crippen molar-refractivity contribution in [2.24, 2.45) is 0 Å². The number of rotatable bonds is 6. The summed E-state index contributed by atoms with van der Waals surface area (Å²) in [6.45, 7) is 5.52. The van der Waals surface area contributed by atoms with Crippen LogP contribution in [0.25, 0.3) is 0 Å². The Hall–Kier alpha value is -1.92.